The lowest BCUT2D eigenvalue weighted by atomic mass is 9.93. The Morgan fingerprint density at radius 3 is 2.47 bits per heavy atom. The van der Waals surface area contributed by atoms with Crippen LogP contribution in [-0.2, 0) is 9.59 Å². The summed E-state index contributed by atoms with van der Waals surface area (Å²) >= 11 is 0. The summed E-state index contributed by atoms with van der Waals surface area (Å²) in [5, 5.41) is 2.87. The molecular weight excluding hydrogens is 430 g/mol. The van der Waals surface area contributed by atoms with E-state index < -0.39 is 6.04 Å². The maximum atomic E-state index is 13.5. The van der Waals surface area contributed by atoms with Crippen molar-refractivity contribution in [2.24, 2.45) is 0 Å². The third-order valence-corrected chi connectivity index (χ3v) is 6.47. The van der Waals surface area contributed by atoms with E-state index in [2.05, 4.69) is 5.32 Å². The van der Waals surface area contributed by atoms with Gasteiger partial charge in [-0.15, -0.1) is 0 Å². The van der Waals surface area contributed by atoms with Crippen LogP contribution in [0.2, 0.25) is 0 Å². The largest absolute Gasteiger partial charge is 0.494 e. The Morgan fingerprint density at radius 2 is 1.79 bits per heavy atom. The number of nitrogens with zero attached hydrogens (tertiary/aromatic N) is 2. The molecule has 0 aromatic heterocycles. The first-order valence-electron chi connectivity index (χ1n) is 12.2. The summed E-state index contributed by atoms with van der Waals surface area (Å²) in [5.41, 5.74) is 2.15. The maximum Gasteiger partial charge on any atom is 0.332 e. The van der Waals surface area contributed by atoms with E-state index in [9.17, 15) is 14.4 Å². The minimum absolute atomic E-state index is 0.0205. The van der Waals surface area contributed by atoms with Crippen LogP contribution in [0.1, 0.15) is 57.4 Å². The van der Waals surface area contributed by atoms with Crippen LogP contribution in [-0.4, -0.2) is 41.4 Å². The second-order valence-electron chi connectivity index (χ2n) is 9.14. The molecule has 1 N–H and O–H groups in total. The van der Waals surface area contributed by atoms with Gasteiger partial charge in [0.25, 0.3) is 5.91 Å². The number of rotatable bonds is 8. The quantitative estimate of drug-likeness (QED) is 0.540. The normalized spacial score (nSPS) is 18.9. The number of aryl methyl sites for hydroxylation is 1. The van der Waals surface area contributed by atoms with Crippen LogP contribution in [0.3, 0.4) is 0 Å². The van der Waals surface area contributed by atoms with Crippen molar-refractivity contribution in [2.45, 2.75) is 70.9 Å². The van der Waals surface area contributed by atoms with Crippen LogP contribution in [0.4, 0.5) is 16.2 Å². The molecular formula is C27H33N3O4. The highest BCUT2D eigenvalue weighted by Crippen LogP contribution is 2.34. The highest BCUT2D eigenvalue weighted by atomic mass is 16.5. The summed E-state index contributed by atoms with van der Waals surface area (Å²) < 4.78 is 5.59. The van der Waals surface area contributed by atoms with E-state index in [0.717, 1.165) is 49.8 Å². The molecule has 0 unspecified atom stereocenters. The minimum atomic E-state index is -0.803. The Kier molecular flexibility index (Phi) is 7.50. The van der Waals surface area contributed by atoms with Crippen LogP contribution in [0.5, 0.6) is 5.75 Å². The summed E-state index contributed by atoms with van der Waals surface area (Å²) in [7, 11) is 0. The van der Waals surface area contributed by atoms with Gasteiger partial charge >= 0.3 is 6.03 Å². The molecule has 1 atom stereocenters. The summed E-state index contributed by atoms with van der Waals surface area (Å²) in [6.45, 7) is 4.61. The zero-order valence-corrected chi connectivity index (χ0v) is 20.0. The first kappa shape index (κ1) is 23.8. The first-order chi connectivity index (χ1) is 16.5. The molecule has 1 saturated heterocycles. The number of carbonyl (C=O) groups excluding carboxylic acids is 3. The molecule has 1 heterocycles. The van der Waals surface area contributed by atoms with Crippen molar-refractivity contribution in [3.8, 4) is 5.75 Å². The van der Waals surface area contributed by atoms with Gasteiger partial charge in [-0.3, -0.25) is 9.59 Å². The average Bonchev–Trinajstić information content (AvgIpc) is 3.08. The number of nitrogens with one attached hydrogen (secondary N) is 1. The predicted octanol–water partition coefficient (Wildman–Crippen LogP) is 5.28. The lowest BCUT2D eigenvalue weighted by Crippen LogP contribution is -2.45. The summed E-state index contributed by atoms with van der Waals surface area (Å²) in [6, 6.07) is 13.4. The van der Waals surface area contributed by atoms with Gasteiger partial charge in [0.2, 0.25) is 5.91 Å². The monoisotopic (exact) mass is 463 g/mol. The fourth-order valence-electron chi connectivity index (χ4n) is 4.81. The van der Waals surface area contributed by atoms with Crippen molar-refractivity contribution in [1.82, 2.24) is 4.90 Å². The second-order valence-corrected chi connectivity index (χ2v) is 9.14. The zero-order chi connectivity index (χ0) is 24.1. The van der Waals surface area contributed by atoms with Gasteiger partial charge in [0.15, 0.2) is 0 Å². The number of ether oxygens (including phenoxy) is 1. The highest BCUT2D eigenvalue weighted by molar-refractivity contribution is 6.22. The maximum absolute atomic E-state index is 13.5. The van der Waals surface area contributed by atoms with Gasteiger partial charge in [-0.1, -0.05) is 38.3 Å². The number of hydrogen-bond acceptors (Lipinski definition) is 4. The van der Waals surface area contributed by atoms with Gasteiger partial charge in [0.1, 0.15) is 11.8 Å². The van der Waals surface area contributed by atoms with E-state index in [-0.39, 0.29) is 30.3 Å². The van der Waals surface area contributed by atoms with Gasteiger partial charge in [-0.2, -0.15) is 0 Å². The van der Waals surface area contributed by atoms with Crippen LogP contribution in [0, 0.1) is 6.92 Å². The number of hydrogen-bond donors (Lipinski definition) is 1. The standard InChI is InChI=1S/C27H33N3O4/c1-3-16-34-23-14-12-20(13-15-23)28-25(31)18-24-26(32)30(22-11-7-8-19(2)17-22)27(33)29(24)21-9-5-4-6-10-21/h7-8,11-15,17,21,24H,3-6,9-10,16,18H2,1-2H3,(H,28,31)/t24-/m1/s1. The van der Waals surface area contributed by atoms with Gasteiger partial charge in [0, 0.05) is 11.7 Å². The molecule has 1 saturated carbocycles. The molecule has 2 aromatic rings. The molecule has 4 amide bonds. The van der Waals surface area contributed by atoms with E-state index >= 15 is 0 Å². The van der Waals surface area contributed by atoms with Crippen LogP contribution >= 0.6 is 0 Å². The van der Waals surface area contributed by atoms with Crippen LogP contribution in [0.25, 0.3) is 0 Å². The Bertz CT molecular complexity index is 1030. The molecule has 0 bridgehead atoms. The lowest BCUT2D eigenvalue weighted by molar-refractivity contribution is -0.125. The molecule has 1 aliphatic heterocycles. The van der Waals surface area contributed by atoms with Gasteiger partial charge < -0.3 is 15.0 Å². The molecule has 7 heteroatoms. The average molecular weight is 464 g/mol. The van der Waals surface area contributed by atoms with E-state index in [1.165, 1.54) is 4.90 Å². The van der Waals surface area contributed by atoms with Crippen LogP contribution < -0.4 is 15.0 Å². The molecule has 1 aliphatic carbocycles. The third-order valence-electron chi connectivity index (χ3n) is 6.47. The molecule has 180 valence electrons. The van der Waals surface area contributed by atoms with E-state index in [0.29, 0.717) is 18.0 Å². The predicted molar refractivity (Wildman–Crippen MR) is 132 cm³/mol. The molecule has 7 nitrogen and oxygen atoms in total. The SMILES string of the molecule is CCCOc1ccc(NC(=O)C[C@@H]2C(=O)N(c3cccc(C)c3)C(=O)N2C2CCCCC2)cc1. The number of benzene rings is 2. The minimum Gasteiger partial charge on any atom is -0.494 e. The Morgan fingerprint density at radius 1 is 1.06 bits per heavy atom. The van der Waals surface area contributed by atoms with E-state index in [4.69, 9.17) is 4.74 Å². The van der Waals surface area contributed by atoms with Crippen molar-refractivity contribution >= 4 is 29.2 Å². The second kappa shape index (κ2) is 10.7. The van der Waals surface area contributed by atoms with Crippen molar-refractivity contribution < 1.29 is 19.1 Å². The zero-order valence-electron chi connectivity index (χ0n) is 20.0. The van der Waals surface area contributed by atoms with Gasteiger partial charge in [-0.25, -0.2) is 9.69 Å². The molecule has 4 rings (SSSR count). The summed E-state index contributed by atoms with van der Waals surface area (Å²) in [5.74, 6) is 0.119. The molecule has 2 aromatic carbocycles. The Balaban J connectivity index is 1.51. The van der Waals surface area contributed by atoms with Gasteiger partial charge in [-0.05, 0) is 68.1 Å². The van der Waals surface area contributed by atoms with Crippen LogP contribution in [0.15, 0.2) is 48.5 Å². The molecule has 2 aliphatic rings. The summed E-state index contributed by atoms with van der Waals surface area (Å²) in [6.07, 6.45) is 5.76. The fourth-order valence-corrected chi connectivity index (χ4v) is 4.81. The molecule has 0 spiro atoms. The smallest absolute Gasteiger partial charge is 0.332 e. The number of urea groups is 1. The fraction of sp³-hybridized carbons (Fsp3) is 0.444. The van der Waals surface area contributed by atoms with Crippen molar-refractivity contribution in [3.63, 3.8) is 0 Å². The van der Waals surface area contributed by atoms with Crippen molar-refractivity contribution in [3.05, 3.63) is 54.1 Å². The highest BCUT2D eigenvalue weighted by Gasteiger charge is 2.49. The number of anilines is 2. The summed E-state index contributed by atoms with van der Waals surface area (Å²) in [4.78, 5) is 42.8. The topological polar surface area (TPSA) is 79.0 Å². The van der Waals surface area contributed by atoms with Gasteiger partial charge in [0.05, 0.1) is 18.7 Å². The van der Waals surface area contributed by atoms with E-state index in [1.807, 2.05) is 44.2 Å². The third kappa shape index (κ3) is 5.24. The Hall–Kier alpha value is -3.35. The van der Waals surface area contributed by atoms with Crippen molar-refractivity contribution in [1.29, 1.82) is 0 Å². The van der Waals surface area contributed by atoms with E-state index in [1.54, 1.807) is 23.1 Å². The number of carbonyl (C=O) groups is 3. The molecule has 0 radical (unpaired) electrons. The first-order valence-corrected chi connectivity index (χ1v) is 12.2. The number of amides is 4. The molecule has 34 heavy (non-hydrogen) atoms. The Labute approximate surface area is 201 Å². The van der Waals surface area contributed by atoms with Crippen molar-refractivity contribution in [2.75, 3.05) is 16.8 Å². The number of imide groups is 1. The lowest BCUT2D eigenvalue weighted by Gasteiger charge is -2.33. The molecule has 2 fully saturated rings.